The molecule has 2 fully saturated rings. The minimum Gasteiger partial charge on any atom is -0.506 e. The molecular formula is C16H21NO4S. The van der Waals surface area contributed by atoms with Gasteiger partial charge in [-0.1, -0.05) is 13.0 Å². The zero-order chi connectivity index (χ0) is 16.0. The van der Waals surface area contributed by atoms with Gasteiger partial charge in [-0.15, -0.1) is 0 Å². The van der Waals surface area contributed by atoms with E-state index in [9.17, 15) is 18.3 Å². The first kappa shape index (κ1) is 15.3. The molecule has 1 saturated heterocycles. The summed E-state index contributed by atoms with van der Waals surface area (Å²) in [7, 11) is -2.91. The summed E-state index contributed by atoms with van der Waals surface area (Å²) in [5, 5.41) is 12.7. The largest absolute Gasteiger partial charge is 0.506 e. The van der Waals surface area contributed by atoms with Gasteiger partial charge in [0.05, 0.1) is 17.2 Å². The fourth-order valence-corrected chi connectivity index (χ4v) is 4.98. The third kappa shape index (κ3) is 2.84. The second-order valence-electron chi connectivity index (χ2n) is 6.47. The monoisotopic (exact) mass is 323 g/mol. The van der Waals surface area contributed by atoms with Gasteiger partial charge in [-0.05, 0) is 48.8 Å². The first-order valence-corrected chi connectivity index (χ1v) is 9.50. The van der Waals surface area contributed by atoms with E-state index in [1.807, 2.05) is 13.0 Å². The Labute approximate surface area is 130 Å². The number of aromatic hydroxyl groups is 1. The number of rotatable bonds is 3. The maximum Gasteiger partial charge on any atom is 0.228 e. The molecule has 2 aliphatic rings. The van der Waals surface area contributed by atoms with E-state index >= 15 is 0 Å². The van der Waals surface area contributed by atoms with E-state index in [2.05, 4.69) is 5.32 Å². The lowest BCUT2D eigenvalue weighted by Gasteiger charge is -2.22. The number of carbonyl (C=O) groups is 1. The Morgan fingerprint density at radius 1 is 1.36 bits per heavy atom. The van der Waals surface area contributed by atoms with E-state index in [1.54, 1.807) is 12.1 Å². The summed E-state index contributed by atoms with van der Waals surface area (Å²) in [5.74, 6) is 0.197. The predicted octanol–water partition coefficient (Wildman–Crippen LogP) is 2.11. The first-order valence-electron chi connectivity index (χ1n) is 7.68. The Hall–Kier alpha value is -1.56. The summed E-state index contributed by atoms with van der Waals surface area (Å²) in [6.45, 7) is 2.01. The van der Waals surface area contributed by atoms with Crippen molar-refractivity contribution < 1.29 is 18.3 Å². The van der Waals surface area contributed by atoms with E-state index in [-0.39, 0.29) is 34.5 Å². The molecule has 0 radical (unpaired) electrons. The minimum atomic E-state index is -2.91. The number of phenols is 1. The summed E-state index contributed by atoms with van der Waals surface area (Å²) >= 11 is 0. The van der Waals surface area contributed by atoms with E-state index in [0.29, 0.717) is 18.5 Å². The highest BCUT2D eigenvalue weighted by Crippen LogP contribution is 2.60. The normalized spacial score (nSPS) is 24.9. The van der Waals surface area contributed by atoms with Gasteiger partial charge in [0.15, 0.2) is 0 Å². The molecule has 22 heavy (non-hydrogen) atoms. The number of phenolic OH excluding ortho intramolecular Hbond substituents is 1. The van der Waals surface area contributed by atoms with Crippen LogP contribution in [-0.2, 0) is 21.1 Å². The molecule has 0 aromatic heterocycles. The fraction of sp³-hybridized carbons (Fsp3) is 0.562. The summed E-state index contributed by atoms with van der Waals surface area (Å²) in [4.78, 5) is 12.4. The number of sulfone groups is 1. The summed E-state index contributed by atoms with van der Waals surface area (Å²) < 4.78 is 23.0. The van der Waals surface area contributed by atoms with Crippen molar-refractivity contribution in [1.82, 2.24) is 0 Å². The maximum absolute atomic E-state index is 12.4. The zero-order valence-electron chi connectivity index (χ0n) is 12.6. The van der Waals surface area contributed by atoms with Gasteiger partial charge in [0.2, 0.25) is 5.91 Å². The van der Waals surface area contributed by atoms with Crippen molar-refractivity contribution >= 4 is 21.4 Å². The third-order valence-electron chi connectivity index (χ3n) is 5.06. The third-order valence-corrected chi connectivity index (χ3v) is 6.71. The van der Waals surface area contributed by atoms with Gasteiger partial charge in [-0.2, -0.15) is 0 Å². The standard InChI is InChI=1S/C16H21NO4S/c1-2-11-3-4-14(18)13(9-11)17-15(19)12-10-16(12)5-7-22(20,21)8-6-16/h3-4,9,12,18H,2,5-8,10H2,1H3,(H,17,19). The number of hydrogen-bond donors (Lipinski definition) is 2. The van der Waals surface area contributed by atoms with Crippen LogP contribution in [0.25, 0.3) is 0 Å². The molecule has 1 spiro atoms. The molecule has 1 unspecified atom stereocenters. The van der Waals surface area contributed by atoms with Crippen LogP contribution in [0.1, 0.15) is 31.7 Å². The maximum atomic E-state index is 12.4. The molecule has 1 amide bonds. The van der Waals surface area contributed by atoms with E-state index in [0.717, 1.165) is 18.4 Å². The number of carbonyl (C=O) groups excluding carboxylic acids is 1. The van der Waals surface area contributed by atoms with Crippen LogP contribution in [0.5, 0.6) is 5.75 Å². The fourth-order valence-electron chi connectivity index (χ4n) is 3.34. The predicted molar refractivity (Wildman–Crippen MR) is 84.5 cm³/mol. The molecule has 1 aliphatic carbocycles. The molecule has 3 rings (SSSR count). The highest BCUT2D eigenvalue weighted by Gasteiger charge is 2.59. The van der Waals surface area contributed by atoms with E-state index in [1.165, 1.54) is 0 Å². The lowest BCUT2D eigenvalue weighted by atomic mass is 9.96. The molecule has 120 valence electrons. The topological polar surface area (TPSA) is 83.5 Å². The quantitative estimate of drug-likeness (QED) is 0.835. The summed E-state index contributed by atoms with van der Waals surface area (Å²) in [5.41, 5.74) is 1.35. The van der Waals surface area contributed by atoms with E-state index in [4.69, 9.17) is 0 Å². The Bertz CT molecular complexity index is 697. The van der Waals surface area contributed by atoms with Crippen LogP contribution in [0.4, 0.5) is 5.69 Å². The molecule has 5 nitrogen and oxygen atoms in total. The van der Waals surface area contributed by atoms with Crippen molar-refractivity contribution in [3.05, 3.63) is 23.8 Å². The van der Waals surface area contributed by atoms with Gasteiger partial charge in [0, 0.05) is 5.92 Å². The number of benzene rings is 1. The van der Waals surface area contributed by atoms with Crippen molar-refractivity contribution in [1.29, 1.82) is 0 Å². The number of nitrogens with one attached hydrogen (secondary N) is 1. The van der Waals surface area contributed by atoms with Gasteiger partial charge in [0.1, 0.15) is 15.6 Å². The second kappa shape index (κ2) is 5.26. The average Bonchev–Trinajstić information content (AvgIpc) is 3.20. The lowest BCUT2D eigenvalue weighted by Crippen LogP contribution is -2.28. The van der Waals surface area contributed by atoms with Gasteiger partial charge < -0.3 is 10.4 Å². The number of amides is 1. The lowest BCUT2D eigenvalue weighted by molar-refractivity contribution is -0.118. The van der Waals surface area contributed by atoms with Gasteiger partial charge in [0.25, 0.3) is 0 Å². The molecule has 0 bridgehead atoms. The molecule has 1 atom stereocenters. The Kier molecular flexibility index (Phi) is 3.67. The second-order valence-corrected chi connectivity index (χ2v) is 8.77. The number of hydrogen-bond acceptors (Lipinski definition) is 4. The molecule has 1 aromatic carbocycles. The van der Waals surface area contributed by atoms with Crippen LogP contribution >= 0.6 is 0 Å². The SMILES string of the molecule is CCc1ccc(O)c(NC(=O)C2CC23CCS(=O)(=O)CC3)c1. The first-order chi connectivity index (χ1) is 10.4. The Morgan fingerprint density at radius 2 is 2.05 bits per heavy atom. The highest BCUT2D eigenvalue weighted by molar-refractivity contribution is 7.91. The average molecular weight is 323 g/mol. The zero-order valence-corrected chi connectivity index (χ0v) is 13.4. The molecular weight excluding hydrogens is 302 g/mol. The summed E-state index contributed by atoms with van der Waals surface area (Å²) in [6, 6.07) is 5.20. The highest BCUT2D eigenvalue weighted by atomic mass is 32.2. The van der Waals surface area contributed by atoms with Crippen LogP contribution < -0.4 is 5.32 Å². The van der Waals surface area contributed by atoms with Gasteiger partial charge in [-0.25, -0.2) is 8.42 Å². The van der Waals surface area contributed by atoms with Crippen LogP contribution in [0, 0.1) is 11.3 Å². The van der Waals surface area contributed by atoms with Crippen LogP contribution in [-0.4, -0.2) is 30.9 Å². The van der Waals surface area contributed by atoms with Crippen molar-refractivity contribution in [2.24, 2.45) is 11.3 Å². The molecule has 2 N–H and O–H groups in total. The van der Waals surface area contributed by atoms with Crippen LogP contribution in [0.3, 0.4) is 0 Å². The molecule has 1 heterocycles. The van der Waals surface area contributed by atoms with Crippen molar-refractivity contribution in [3.8, 4) is 5.75 Å². The minimum absolute atomic E-state index is 0.0615. The van der Waals surface area contributed by atoms with Crippen molar-refractivity contribution in [3.63, 3.8) is 0 Å². The van der Waals surface area contributed by atoms with Crippen molar-refractivity contribution in [2.75, 3.05) is 16.8 Å². The van der Waals surface area contributed by atoms with Gasteiger partial charge >= 0.3 is 0 Å². The van der Waals surface area contributed by atoms with Gasteiger partial charge in [-0.3, -0.25) is 4.79 Å². The summed E-state index contributed by atoms with van der Waals surface area (Å²) in [6.07, 6.45) is 2.74. The molecule has 1 aromatic rings. The Balaban J connectivity index is 1.67. The Morgan fingerprint density at radius 3 is 2.68 bits per heavy atom. The van der Waals surface area contributed by atoms with Crippen molar-refractivity contribution in [2.45, 2.75) is 32.6 Å². The number of anilines is 1. The number of aryl methyl sites for hydroxylation is 1. The van der Waals surface area contributed by atoms with Crippen LogP contribution in [0.2, 0.25) is 0 Å². The van der Waals surface area contributed by atoms with Crippen LogP contribution in [0.15, 0.2) is 18.2 Å². The van der Waals surface area contributed by atoms with E-state index < -0.39 is 9.84 Å². The molecule has 6 heteroatoms. The molecule has 1 aliphatic heterocycles. The molecule has 1 saturated carbocycles. The smallest absolute Gasteiger partial charge is 0.228 e.